The number of carbonyl (C=O) groups is 1. The van der Waals surface area contributed by atoms with Crippen molar-refractivity contribution in [2.24, 2.45) is 0 Å². The zero-order chi connectivity index (χ0) is 18.1. The first-order valence-corrected chi connectivity index (χ1v) is 9.65. The molecule has 1 saturated carbocycles. The maximum Gasteiger partial charge on any atom is 0.295 e. The van der Waals surface area contributed by atoms with Crippen molar-refractivity contribution in [1.29, 1.82) is 0 Å². The Balaban J connectivity index is 1.84. The Bertz CT molecular complexity index is 976. The second-order valence-electron chi connectivity index (χ2n) is 6.52. The van der Waals surface area contributed by atoms with Crippen LogP contribution in [0.2, 0.25) is 0 Å². The van der Waals surface area contributed by atoms with Crippen molar-refractivity contribution in [2.75, 3.05) is 4.31 Å². The maximum atomic E-state index is 12.2. The highest BCUT2D eigenvalue weighted by Gasteiger charge is 2.43. The first kappa shape index (κ1) is 17.1. The van der Waals surface area contributed by atoms with E-state index in [9.17, 15) is 13.6 Å². The number of carbonyl (C=O) groups excluding carboxylic acids is 1. The number of fused-ring (bicyclic) bond motifs is 3. The van der Waals surface area contributed by atoms with Crippen LogP contribution in [0.1, 0.15) is 32.1 Å². The van der Waals surface area contributed by atoms with E-state index >= 15 is 0 Å². The molecule has 136 valence electrons. The van der Waals surface area contributed by atoms with E-state index in [1.807, 2.05) is 30.3 Å². The largest absolute Gasteiger partial charge is 0.456 e. The molecule has 3 aromatic rings. The minimum atomic E-state index is -2.35. The smallest absolute Gasteiger partial charge is 0.295 e. The van der Waals surface area contributed by atoms with Crippen molar-refractivity contribution < 1.29 is 22.7 Å². The molecule has 26 heavy (non-hydrogen) atoms. The minimum absolute atomic E-state index is 0.366. The number of para-hydroxylation sites is 1. The topological polar surface area (TPSA) is 80.0 Å². The van der Waals surface area contributed by atoms with Crippen LogP contribution in [0.4, 0.5) is 5.69 Å². The van der Waals surface area contributed by atoms with Gasteiger partial charge in [0.2, 0.25) is 0 Å². The lowest BCUT2D eigenvalue weighted by Gasteiger charge is -2.42. The number of ether oxygens (including phenoxy) is 1. The van der Waals surface area contributed by atoms with Crippen molar-refractivity contribution in [1.82, 2.24) is 0 Å². The number of nitrogens with zero attached hydrogens (tertiary/aromatic N) is 1. The number of rotatable bonds is 5. The van der Waals surface area contributed by atoms with Gasteiger partial charge in [0.1, 0.15) is 11.2 Å². The Kier molecular flexibility index (Phi) is 4.42. The third-order valence-corrected chi connectivity index (χ3v) is 5.88. The zero-order valence-electron chi connectivity index (χ0n) is 14.1. The van der Waals surface area contributed by atoms with Gasteiger partial charge in [0.15, 0.2) is 5.72 Å². The van der Waals surface area contributed by atoms with Crippen LogP contribution < -0.4 is 4.31 Å². The lowest BCUT2D eigenvalue weighted by Crippen LogP contribution is -2.53. The molecular formula is C19H19NO5S. The molecule has 1 unspecified atom stereocenters. The first-order valence-electron chi connectivity index (χ1n) is 8.59. The molecule has 0 spiro atoms. The highest BCUT2D eigenvalue weighted by Crippen LogP contribution is 2.40. The molecule has 7 heteroatoms. The van der Waals surface area contributed by atoms with Gasteiger partial charge in [0, 0.05) is 29.7 Å². The average molecular weight is 373 g/mol. The third kappa shape index (κ3) is 2.77. The fourth-order valence-corrected chi connectivity index (χ4v) is 4.68. The van der Waals surface area contributed by atoms with E-state index < -0.39 is 17.0 Å². The summed E-state index contributed by atoms with van der Waals surface area (Å²) >= 11 is -2.35. The number of hydrogen-bond donors (Lipinski definition) is 1. The van der Waals surface area contributed by atoms with E-state index in [0.29, 0.717) is 30.6 Å². The van der Waals surface area contributed by atoms with Crippen molar-refractivity contribution in [3.05, 3.63) is 42.5 Å². The monoisotopic (exact) mass is 373 g/mol. The van der Waals surface area contributed by atoms with Crippen LogP contribution in [0.3, 0.4) is 0 Å². The van der Waals surface area contributed by atoms with E-state index in [1.54, 1.807) is 12.1 Å². The normalized spacial score (nSPS) is 17.9. The number of benzene rings is 2. The molecule has 6 nitrogen and oxygen atoms in total. The molecule has 1 atom stereocenters. The Morgan fingerprint density at radius 1 is 1.08 bits per heavy atom. The van der Waals surface area contributed by atoms with Gasteiger partial charge in [0.05, 0.1) is 5.69 Å². The summed E-state index contributed by atoms with van der Waals surface area (Å²) in [6, 6.07) is 13.1. The average Bonchev–Trinajstić information content (AvgIpc) is 3.00. The van der Waals surface area contributed by atoms with Gasteiger partial charge in [-0.3, -0.25) is 9.35 Å². The molecule has 4 rings (SSSR count). The van der Waals surface area contributed by atoms with E-state index in [2.05, 4.69) is 0 Å². The molecule has 0 aliphatic heterocycles. The quantitative estimate of drug-likeness (QED) is 0.408. The molecule has 1 aliphatic carbocycles. The van der Waals surface area contributed by atoms with Crippen molar-refractivity contribution >= 4 is 45.4 Å². The van der Waals surface area contributed by atoms with Crippen molar-refractivity contribution in [2.45, 2.75) is 37.8 Å². The summed E-state index contributed by atoms with van der Waals surface area (Å²) in [4.78, 5) is 11.1. The second kappa shape index (κ2) is 6.74. The van der Waals surface area contributed by atoms with Crippen molar-refractivity contribution in [3.8, 4) is 0 Å². The van der Waals surface area contributed by atoms with Gasteiger partial charge < -0.3 is 9.15 Å². The van der Waals surface area contributed by atoms with E-state index in [1.165, 1.54) is 4.31 Å². The third-order valence-electron chi connectivity index (χ3n) is 5.03. The lowest BCUT2D eigenvalue weighted by molar-refractivity contribution is -0.145. The van der Waals surface area contributed by atoms with Gasteiger partial charge in [-0.1, -0.05) is 24.6 Å². The Hall–Kier alpha value is -2.38. The SMILES string of the molecule is O=COC1(N(c2ccc3c(c2)oc2ccccc23)S(=O)O)CCCCC1. The molecule has 1 N–H and O–H groups in total. The molecule has 1 aliphatic rings. The summed E-state index contributed by atoms with van der Waals surface area (Å²) in [6.45, 7) is 0.366. The molecule has 1 fully saturated rings. The van der Waals surface area contributed by atoms with E-state index in [4.69, 9.17) is 9.15 Å². The number of anilines is 1. The summed E-state index contributed by atoms with van der Waals surface area (Å²) in [5.74, 6) is 0. The van der Waals surface area contributed by atoms with Crippen LogP contribution in [0, 0.1) is 0 Å². The minimum Gasteiger partial charge on any atom is -0.456 e. The predicted octanol–water partition coefficient (Wildman–Crippen LogP) is 4.36. The molecule has 2 aromatic carbocycles. The molecular weight excluding hydrogens is 354 g/mol. The van der Waals surface area contributed by atoms with Gasteiger partial charge in [-0.05, 0) is 31.0 Å². The summed E-state index contributed by atoms with van der Waals surface area (Å²) < 4.78 is 34.7. The standard InChI is InChI=1S/C19H19NO5S/c21-13-24-19(10-4-1-5-11-19)20(26(22)23)14-8-9-16-15-6-2-3-7-17(15)25-18(16)12-14/h2-3,6-9,12-13H,1,4-5,10-11H2,(H,22,23). The number of furan rings is 1. The lowest BCUT2D eigenvalue weighted by atomic mass is 9.91. The summed E-state index contributed by atoms with van der Waals surface area (Å²) in [5, 5.41) is 1.92. The van der Waals surface area contributed by atoms with Crippen LogP contribution in [-0.2, 0) is 20.8 Å². The first-order chi connectivity index (χ1) is 12.6. The van der Waals surface area contributed by atoms with Crippen LogP contribution >= 0.6 is 0 Å². The maximum absolute atomic E-state index is 12.2. The molecule has 0 amide bonds. The predicted molar refractivity (Wildman–Crippen MR) is 99.9 cm³/mol. The van der Waals surface area contributed by atoms with Crippen LogP contribution in [-0.4, -0.2) is 21.0 Å². The fourth-order valence-electron chi connectivity index (χ4n) is 3.87. The van der Waals surface area contributed by atoms with Gasteiger partial charge in [-0.15, -0.1) is 0 Å². The van der Waals surface area contributed by atoms with Gasteiger partial charge in [-0.25, -0.2) is 8.51 Å². The molecule has 0 saturated heterocycles. The fraction of sp³-hybridized carbons (Fsp3) is 0.316. The van der Waals surface area contributed by atoms with E-state index in [-0.39, 0.29) is 0 Å². The Labute approximate surface area is 153 Å². The van der Waals surface area contributed by atoms with E-state index in [0.717, 1.165) is 35.6 Å². The Morgan fingerprint density at radius 2 is 1.81 bits per heavy atom. The number of hydrogen-bond acceptors (Lipinski definition) is 4. The van der Waals surface area contributed by atoms with Gasteiger partial charge in [0.25, 0.3) is 17.7 Å². The van der Waals surface area contributed by atoms with Crippen molar-refractivity contribution in [3.63, 3.8) is 0 Å². The highest BCUT2D eigenvalue weighted by atomic mass is 32.2. The van der Waals surface area contributed by atoms with Gasteiger partial charge in [-0.2, -0.15) is 0 Å². The molecule has 0 radical (unpaired) electrons. The van der Waals surface area contributed by atoms with Crippen LogP contribution in [0.5, 0.6) is 0 Å². The summed E-state index contributed by atoms with van der Waals surface area (Å²) in [7, 11) is 0. The molecule has 0 bridgehead atoms. The summed E-state index contributed by atoms with van der Waals surface area (Å²) in [5.41, 5.74) is 0.754. The Morgan fingerprint density at radius 3 is 2.54 bits per heavy atom. The molecule has 1 heterocycles. The van der Waals surface area contributed by atoms with Crippen LogP contribution in [0.15, 0.2) is 46.9 Å². The highest BCUT2D eigenvalue weighted by molar-refractivity contribution is 7.80. The zero-order valence-corrected chi connectivity index (χ0v) is 14.9. The molecule has 1 aromatic heterocycles. The summed E-state index contributed by atoms with van der Waals surface area (Å²) in [6.07, 6.45) is 3.69. The second-order valence-corrected chi connectivity index (χ2v) is 7.35. The van der Waals surface area contributed by atoms with Gasteiger partial charge >= 0.3 is 0 Å². The van der Waals surface area contributed by atoms with Crippen LogP contribution in [0.25, 0.3) is 21.9 Å².